The van der Waals surface area contributed by atoms with Crippen molar-refractivity contribution in [1.82, 2.24) is 20.0 Å². The van der Waals surface area contributed by atoms with Crippen LogP contribution in [0, 0.1) is 6.92 Å². The molecule has 0 aromatic carbocycles. The minimum atomic E-state index is -0.632. The number of aromatic nitrogens is 2. The summed E-state index contributed by atoms with van der Waals surface area (Å²) >= 11 is 0. The van der Waals surface area contributed by atoms with Crippen LogP contribution < -0.4 is 5.32 Å². The molecule has 0 saturated heterocycles. The van der Waals surface area contributed by atoms with Gasteiger partial charge in [0, 0.05) is 19.6 Å². The third-order valence-electron chi connectivity index (χ3n) is 3.16. The summed E-state index contributed by atoms with van der Waals surface area (Å²) in [6.45, 7) is 14.1. The van der Waals surface area contributed by atoms with Crippen LogP contribution in [0.1, 0.15) is 30.0 Å². The number of rotatable bonds is 8. The maximum absolute atomic E-state index is 12.3. The monoisotopic (exact) mass is 304 g/mol. The van der Waals surface area contributed by atoms with Crippen molar-refractivity contribution in [1.29, 1.82) is 0 Å². The van der Waals surface area contributed by atoms with E-state index in [9.17, 15) is 9.59 Å². The molecule has 22 heavy (non-hydrogen) atoms. The summed E-state index contributed by atoms with van der Waals surface area (Å²) in [6.07, 6.45) is 3.29. The first kappa shape index (κ1) is 17.7. The van der Waals surface area contributed by atoms with Gasteiger partial charge in [0.2, 0.25) is 5.91 Å². The lowest BCUT2D eigenvalue weighted by atomic mass is 10.2. The van der Waals surface area contributed by atoms with Gasteiger partial charge in [-0.15, -0.1) is 13.2 Å². The molecule has 1 heterocycles. The molecule has 1 aromatic rings. The molecule has 1 aromatic heterocycles. The minimum Gasteiger partial charge on any atom is -0.339 e. The lowest BCUT2D eigenvalue weighted by Crippen LogP contribution is -2.47. The average molecular weight is 304 g/mol. The highest BCUT2D eigenvalue weighted by atomic mass is 16.2. The largest absolute Gasteiger partial charge is 0.339 e. The van der Waals surface area contributed by atoms with Crippen molar-refractivity contribution in [2.75, 3.05) is 13.1 Å². The van der Waals surface area contributed by atoms with E-state index in [2.05, 4.69) is 23.6 Å². The van der Waals surface area contributed by atoms with Crippen LogP contribution in [0.3, 0.4) is 0 Å². The van der Waals surface area contributed by atoms with Gasteiger partial charge in [-0.25, -0.2) is 0 Å². The van der Waals surface area contributed by atoms with Gasteiger partial charge in [0.25, 0.3) is 5.91 Å². The van der Waals surface area contributed by atoms with Gasteiger partial charge in [-0.1, -0.05) is 12.2 Å². The fraction of sp³-hybridized carbons (Fsp3) is 0.438. The Bertz CT molecular complexity index is 552. The number of carbonyl (C=O) groups excluding carboxylic acids is 2. The van der Waals surface area contributed by atoms with Crippen LogP contribution in [-0.2, 0) is 11.3 Å². The summed E-state index contributed by atoms with van der Waals surface area (Å²) in [5.41, 5.74) is 1.23. The van der Waals surface area contributed by atoms with E-state index >= 15 is 0 Å². The first-order valence-corrected chi connectivity index (χ1v) is 7.30. The normalized spacial score (nSPS) is 11.6. The second-order valence-electron chi connectivity index (χ2n) is 5.00. The van der Waals surface area contributed by atoms with Crippen LogP contribution in [0.4, 0.5) is 0 Å². The molecule has 0 spiro atoms. The summed E-state index contributed by atoms with van der Waals surface area (Å²) in [4.78, 5) is 26.2. The Hall–Kier alpha value is -2.37. The van der Waals surface area contributed by atoms with Gasteiger partial charge < -0.3 is 10.2 Å². The van der Waals surface area contributed by atoms with Crippen molar-refractivity contribution < 1.29 is 9.59 Å². The van der Waals surface area contributed by atoms with Crippen molar-refractivity contribution >= 4 is 11.8 Å². The van der Waals surface area contributed by atoms with E-state index in [0.717, 1.165) is 5.69 Å². The molecule has 0 aliphatic heterocycles. The van der Waals surface area contributed by atoms with Crippen LogP contribution in [-0.4, -0.2) is 45.6 Å². The van der Waals surface area contributed by atoms with Gasteiger partial charge in [0.1, 0.15) is 11.7 Å². The zero-order chi connectivity index (χ0) is 16.7. The van der Waals surface area contributed by atoms with Crippen LogP contribution in [0.2, 0.25) is 0 Å². The topological polar surface area (TPSA) is 67.2 Å². The van der Waals surface area contributed by atoms with Gasteiger partial charge in [0.15, 0.2) is 0 Å². The summed E-state index contributed by atoms with van der Waals surface area (Å²) in [6, 6.07) is 1.08. The maximum atomic E-state index is 12.3. The average Bonchev–Trinajstić information content (AvgIpc) is 2.87. The number of aryl methyl sites for hydroxylation is 2. The third kappa shape index (κ3) is 4.31. The van der Waals surface area contributed by atoms with Gasteiger partial charge in [0.05, 0.1) is 5.69 Å². The van der Waals surface area contributed by atoms with Crippen LogP contribution >= 0.6 is 0 Å². The second-order valence-corrected chi connectivity index (χ2v) is 5.00. The van der Waals surface area contributed by atoms with Crippen molar-refractivity contribution in [2.45, 2.75) is 33.4 Å². The first-order chi connectivity index (χ1) is 10.4. The molecule has 120 valence electrons. The van der Waals surface area contributed by atoms with Gasteiger partial charge >= 0.3 is 0 Å². The Kier molecular flexibility index (Phi) is 6.56. The highest BCUT2D eigenvalue weighted by Crippen LogP contribution is 2.05. The minimum absolute atomic E-state index is 0.174. The van der Waals surface area contributed by atoms with Crippen LogP contribution in [0.15, 0.2) is 31.4 Å². The fourth-order valence-electron chi connectivity index (χ4n) is 2.14. The van der Waals surface area contributed by atoms with Crippen molar-refractivity contribution in [3.63, 3.8) is 0 Å². The van der Waals surface area contributed by atoms with E-state index in [1.807, 2.05) is 13.8 Å². The zero-order valence-corrected chi connectivity index (χ0v) is 13.5. The number of amides is 2. The molecule has 0 aliphatic rings. The quantitative estimate of drug-likeness (QED) is 0.741. The predicted octanol–water partition coefficient (Wildman–Crippen LogP) is 1.53. The Morgan fingerprint density at radius 3 is 2.50 bits per heavy atom. The number of carbonyl (C=O) groups is 2. The van der Waals surface area contributed by atoms with E-state index in [1.165, 1.54) is 0 Å². The lowest BCUT2D eigenvalue weighted by molar-refractivity contribution is -0.131. The van der Waals surface area contributed by atoms with E-state index in [4.69, 9.17) is 0 Å². The van der Waals surface area contributed by atoms with Crippen LogP contribution in [0.25, 0.3) is 0 Å². The van der Waals surface area contributed by atoms with Crippen molar-refractivity contribution in [3.8, 4) is 0 Å². The Morgan fingerprint density at radius 2 is 2.00 bits per heavy atom. The van der Waals surface area contributed by atoms with Gasteiger partial charge in [-0.05, 0) is 26.8 Å². The van der Waals surface area contributed by atoms with Crippen molar-refractivity contribution in [2.24, 2.45) is 0 Å². The molecule has 6 nitrogen and oxygen atoms in total. The molecule has 0 fully saturated rings. The molecule has 1 N–H and O–H groups in total. The molecule has 0 radical (unpaired) electrons. The summed E-state index contributed by atoms with van der Waals surface area (Å²) in [5.74, 6) is -0.479. The second kappa shape index (κ2) is 8.17. The molecular formula is C16H24N4O2. The fourth-order valence-corrected chi connectivity index (χ4v) is 2.14. The van der Waals surface area contributed by atoms with E-state index in [-0.39, 0.29) is 11.8 Å². The number of nitrogens with zero attached hydrogens (tertiary/aromatic N) is 3. The van der Waals surface area contributed by atoms with E-state index in [1.54, 1.807) is 34.7 Å². The summed E-state index contributed by atoms with van der Waals surface area (Å²) in [5, 5.41) is 6.95. The van der Waals surface area contributed by atoms with Gasteiger partial charge in [-0.3, -0.25) is 14.3 Å². The molecule has 2 amide bonds. The Labute approximate surface area is 131 Å². The third-order valence-corrected chi connectivity index (χ3v) is 3.16. The number of hydrogen-bond donors (Lipinski definition) is 1. The molecule has 6 heteroatoms. The zero-order valence-electron chi connectivity index (χ0n) is 13.5. The number of hydrogen-bond acceptors (Lipinski definition) is 3. The van der Waals surface area contributed by atoms with Gasteiger partial charge in [-0.2, -0.15) is 5.10 Å². The highest BCUT2D eigenvalue weighted by molar-refractivity contribution is 5.96. The SMILES string of the molecule is C=CCN(CC=C)C(=O)C(C)NC(=O)c1cc(C)nn1CC. The Balaban J connectivity index is 2.79. The standard InChI is InChI=1S/C16H24N4O2/c1-6-9-19(10-7-2)16(22)13(5)17-15(21)14-11-12(4)18-20(14)8-3/h6-7,11,13H,1-2,8-10H2,3-5H3,(H,17,21). The van der Waals surface area contributed by atoms with Crippen LogP contribution in [0.5, 0.6) is 0 Å². The molecule has 1 atom stereocenters. The first-order valence-electron chi connectivity index (χ1n) is 7.30. The van der Waals surface area contributed by atoms with E-state index in [0.29, 0.717) is 25.3 Å². The molecule has 1 rings (SSSR count). The van der Waals surface area contributed by atoms with E-state index < -0.39 is 6.04 Å². The molecule has 1 unspecified atom stereocenters. The number of nitrogens with one attached hydrogen (secondary N) is 1. The smallest absolute Gasteiger partial charge is 0.270 e. The maximum Gasteiger partial charge on any atom is 0.270 e. The lowest BCUT2D eigenvalue weighted by Gasteiger charge is -2.23. The molecule has 0 aliphatic carbocycles. The summed E-state index contributed by atoms with van der Waals surface area (Å²) in [7, 11) is 0. The molecular weight excluding hydrogens is 280 g/mol. The predicted molar refractivity (Wildman–Crippen MR) is 86.5 cm³/mol. The molecule has 0 bridgehead atoms. The highest BCUT2D eigenvalue weighted by Gasteiger charge is 2.22. The molecule has 0 saturated carbocycles. The Morgan fingerprint density at radius 1 is 1.41 bits per heavy atom. The summed E-state index contributed by atoms with van der Waals surface area (Å²) < 4.78 is 1.62. The van der Waals surface area contributed by atoms with Crippen molar-refractivity contribution in [3.05, 3.63) is 42.8 Å².